The zero-order chi connectivity index (χ0) is 22.6. The quantitative estimate of drug-likeness (QED) is 0.742. The van der Waals surface area contributed by atoms with E-state index in [1.165, 1.54) is 11.1 Å². The lowest BCUT2D eigenvalue weighted by Crippen LogP contribution is -2.49. The van der Waals surface area contributed by atoms with Crippen LogP contribution in [0.25, 0.3) is 0 Å². The minimum atomic E-state index is -5.08. The van der Waals surface area contributed by atoms with Gasteiger partial charge in [0, 0.05) is 32.9 Å². The van der Waals surface area contributed by atoms with E-state index in [1.807, 2.05) is 36.3 Å². The summed E-state index contributed by atoms with van der Waals surface area (Å²) in [4.78, 5) is 30.7. The van der Waals surface area contributed by atoms with Crippen molar-refractivity contribution in [2.45, 2.75) is 32.0 Å². The van der Waals surface area contributed by atoms with Crippen LogP contribution in [-0.2, 0) is 22.6 Å². The molecule has 0 aliphatic carbocycles. The van der Waals surface area contributed by atoms with Crippen molar-refractivity contribution in [3.05, 3.63) is 59.8 Å². The van der Waals surface area contributed by atoms with Gasteiger partial charge in [-0.05, 0) is 42.5 Å². The third-order valence-corrected chi connectivity index (χ3v) is 5.79. The molecule has 1 saturated heterocycles. The Balaban J connectivity index is 0.000000339. The first kappa shape index (κ1) is 22.6. The molecular formula is C22H24F3N3O3. The fourth-order valence-corrected chi connectivity index (χ4v) is 4.15. The molecule has 6 nitrogen and oxygen atoms in total. The molecule has 0 atom stereocenters. The largest absolute Gasteiger partial charge is 0.490 e. The fourth-order valence-electron chi connectivity index (χ4n) is 4.15. The summed E-state index contributed by atoms with van der Waals surface area (Å²) in [5.41, 5.74) is 2.37. The summed E-state index contributed by atoms with van der Waals surface area (Å²) < 4.78 is 31.7. The average Bonchev–Trinajstić information content (AvgIpc) is 2.84. The van der Waals surface area contributed by atoms with Crippen LogP contribution in [-0.4, -0.2) is 53.2 Å². The lowest BCUT2D eigenvalue weighted by molar-refractivity contribution is -0.192. The number of carboxylic acid groups (broad SMARTS) is 1. The number of alkyl halides is 3. The normalized spacial score (nSPS) is 18.0. The molecule has 1 amide bonds. The number of carboxylic acids is 1. The minimum Gasteiger partial charge on any atom is -0.475 e. The molecule has 1 aromatic heterocycles. The molecule has 0 radical (unpaired) electrons. The highest BCUT2D eigenvalue weighted by Crippen LogP contribution is 2.40. The lowest BCUT2D eigenvalue weighted by atomic mass is 9.73. The van der Waals surface area contributed by atoms with Crippen molar-refractivity contribution in [1.82, 2.24) is 9.88 Å². The molecule has 0 unspecified atom stereocenters. The standard InChI is InChI=1S/C20H23N3O.C2HF3O2/c1-22-15-17-7-3-2-6-16(17)14-20(19(22)24)9-12-23(13-10-20)18-8-4-5-11-21-18;3-2(4,5)1(6)7/h2-8,11H,9-10,12-15H2,1H3;(H,6,7). The van der Waals surface area contributed by atoms with Gasteiger partial charge in [-0.3, -0.25) is 4.79 Å². The molecular weight excluding hydrogens is 411 g/mol. The van der Waals surface area contributed by atoms with Crippen LogP contribution in [0.3, 0.4) is 0 Å². The van der Waals surface area contributed by atoms with E-state index in [4.69, 9.17) is 9.90 Å². The van der Waals surface area contributed by atoms with Crippen LogP contribution < -0.4 is 4.90 Å². The van der Waals surface area contributed by atoms with Gasteiger partial charge in [0.25, 0.3) is 0 Å². The molecule has 4 rings (SSSR count). The number of aromatic nitrogens is 1. The molecule has 2 aliphatic rings. The molecule has 2 aliphatic heterocycles. The summed E-state index contributed by atoms with van der Waals surface area (Å²) in [6.45, 7) is 2.50. The summed E-state index contributed by atoms with van der Waals surface area (Å²) in [6.07, 6.45) is -0.606. The van der Waals surface area contributed by atoms with Gasteiger partial charge < -0.3 is 14.9 Å². The van der Waals surface area contributed by atoms with Gasteiger partial charge in [0.2, 0.25) is 5.91 Å². The number of carbonyl (C=O) groups is 2. The second kappa shape index (κ2) is 8.95. The Kier molecular flexibility index (Phi) is 6.52. The number of carbonyl (C=O) groups excluding carboxylic acids is 1. The van der Waals surface area contributed by atoms with Gasteiger partial charge in [-0.2, -0.15) is 13.2 Å². The van der Waals surface area contributed by atoms with Gasteiger partial charge >= 0.3 is 12.1 Å². The molecule has 2 aromatic rings. The van der Waals surface area contributed by atoms with Gasteiger partial charge in [-0.25, -0.2) is 9.78 Å². The van der Waals surface area contributed by atoms with Crippen molar-refractivity contribution in [2.75, 3.05) is 25.0 Å². The predicted molar refractivity (Wildman–Crippen MR) is 108 cm³/mol. The Bertz CT molecular complexity index is 926. The molecule has 166 valence electrons. The highest BCUT2D eigenvalue weighted by Gasteiger charge is 2.45. The third-order valence-electron chi connectivity index (χ3n) is 5.79. The lowest BCUT2D eigenvalue weighted by Gasteiger charge is -2.41. The van der Waals surface area contributed by atoms with E-state index in [9.17, 15) is 18.0 Å². The van der Waals surface area contributed by atoms with E-state index < -0.39 is 12.1 Å². The molecule has 31 heavy (non-hydrogen) atoms. The maximum Gasteiger partial charge on any atom is 0.490 e. The Morgan fingerprint density at radius 3 is 2.19 bits per heavy atom. The maximum atomic E-state index is 13.1. The molecule has 1 aromatic carbocycles. The van der Waals surface area contributed by atoms with Crippen LogP contribution >= 0.6 is 0 Å². The van der Waals surface area contributed by atoms with Crippen molar-refractivity contribution in [2.24, 2.45) is 5.41 Å². The highest BCUT2D eigenvalue weighted by atomic mass is 19.4. The molecule has 0 bridgehead atoms. The Morgan fingerprint density at radius 2 is 1.65 bits per heavy atom. The monoisotopic (exact) mass is 435 g/mol. The zero-order valence-corrected chi connectivity index (χ0v) is 17.1. The van der Waals surface area contributed by atoms with Gasteiger partial charge in [0.05, 0.1) is 5.41 Å². The van der Waals surface area contributed by atoms with Crippen molar-refractivity contribution >= 4 is 17.7 Å². The van der Waals surface area contributed by atoms with E-state index in [1.54, 1.807) is 0 Å². The minimum absolute atomic E-state index is 0.257. The first-order chi connectivity index (χ1) is 14.6. The second-order valence-corrected chi connectivity index (χ2v) is 7.86. The number of aliphatic carboxylic acids is 1. The van der Waals surface area contributed by atoms with Crippen LogP contribution in [0.4, 0.5) is 19.0 Å². The predicted octanol–water partition coefficient (Wildman–Crippen LogP) is 3.52. The number of rotatable bonds is 1. The number of anilines is 1. The second-order valence-electron chi connectivity index (χ2n) is 7.86. The molecule has 3 heterocycles. The fraction of sp³-hybridized carbons (Fsp3) is 0.409. The SMILES string of the molecule is CN1Cc2ccccc2CC2(CCN(c3ccccn3)CC2)C1=O.O=C(O)C(F)(F)F. The Labute approximate surface area is 178 Å². The number of amides is 1. The van der Waals surface area contributed by atoms with Crippen LogP contribution in [0.2, 0.25) is 0 Å². The van der Waals surface area contributed by atoms with Crippen molar-refractivity contribution in [3.63, 3.8) is 0 Å². The molecule has 0 saturated carbocycles. The van der Waals surface area contributed by atoms with Crippen LogP contribution in [0.15, 0.2) is 48.7 Å². The van der Waals surface area contributed by atoms with Crippen molar-refractivity contribution < 1.29 is 27.9 Å². The summed E-state index contributed by atoms with van der Waals surface area (Å²) in [7, 11) is 1.94. The molecule has 1 spiro atoms. The number of halogens is 3. The van der Waals surface area contributed by atoms with E-state index in [0.717, 1.165) is 44.7 Å². The topological polar surface area (TPSA) is 73.7 Å². The van der Waals surface area contributed by atoms with Crippen molar-refractivity contribution in [1.29, 1.82) is 0 Å². The van der Waals surface area contributed by atoms with E-state index >= 15 is 0 Å². The maximum absolute atomic E-state index is 13.1. The van der Waals surface area contributed by atoms with E-state index in [0.29, 0.717) is 5.91 Å². The van der Waals surface area contributed by atoms with Gasteiger partial charge in [-0.15, -0.1) is 0 Å². The molecule has 1 fully saturated rings. The van der Waals surface area contributed by atoms with Gasteiger partial charge in [0.1, 0.15) is 5.82 Å². The summed E-state index contributed by atoms with van der Waals surface area (Å²) in [5.74, 6) is -1.44. The highest BCUT2D eigenvalue weighted by molar-refractivity contribution is 5.84. The smallest absolute Gasteiger partial charge is 0.475 e. The molecule has 1 N–H and O–H groups in total. The number of hydrogen-bond acceptors (Lipinski definition) is 4. The number of pyridine rings is 1. The first-order valence-corrected chi connectivity index (χ1v) is 9.91. The van der Waals surface area contributed by atoms with Crippen LogP contribution in [0.5, 0.6) is 0 Å². The Morgan fingerprint density at radius 1 is 1.06 bits per heavy atom. The number of hydrogen-bond donors (Lipinski definition) is 1. The Hall–Kier alpha value is -3.10. The summed E-state index contributed by atoms with van der Waals surface area (Å²) in [6, 6.07) is 14.5. The zero-order valence-electron chi connectivity index (χ0n) is 17.1. The average molecular weight is 435 g/mol. The molecule has 9 heteroatoms. The number of nitrogens with zero attached hydrogens (tertiary/aromatic N) is 3. The van der Waals surface area contributed by atoms with E-state index in [-0.39, 0.29) is 5.41 Å². The number of piperidine rings is 1. The first-order valence-electron chi connectivity index (χ1n) is 9.91. The van der Waals surface area contributed by atoms with E-state index in [2.05, 4.69) is 34.1 Å². The van der Waals surface area contributed by atoms with Crippen LogP contribution in [0, 0.1) is 5.41 Å². The van der Waals surface area contributed by atoms with Crippen molar-refractivity contribution in [3.8, 4) is 0 Å². The van der Waals surface area contributed by atoms with Gasteiger partial charge in [0.15, 0.2) is 0 Å². The van der Waals surface area contributed by atoms with Gasteiger partial charge in [-0.1, -0.05) is 30.3 Å². The van der Waals surface area contributed by atoms with Crippen LogP contribution in [0.1, 0.15) is 24.0 Å². The summed E-state index contributed by atoms with van der Waals surface area (Å²) >= 11 is 0. The third kappa shape index (κ3) is 5.15. The number of fused-ring (bicyclic) bond motifs is 1. The summed E-state index contributed by atoms with van der Waals surface area (Å²) in [5, 5.41) is 7.12. The number of benzene rings is 1.